The maximum atomic E-state index is 13.6. The van der Waals surface area contributed by atoms with Crippen molar-refractivity contribution in [2.75, 3.05) is 7.11 Å². The largest absolute Gasteiger partial charge is 0.493 e. The summed E-state index contributed by atoms with van der Waals surface area (Å²) >= 11 is 5.03. The lowest BCUT2D eigenvalue weighted by Gasteiger charge is -2.16. The number of amides is 1. The highest BCUT2D eigenvalue weighted by Gasteiger charge is 2.33. The van der Waals surface area contributed by atoms with Crippen LogP contribution >= 0.6 is 27.7 Å². The summed E-state index contributed by atoms with van der Waals surface area (Å²) in [5, 5.41) is 0.688. The Labute approximate surface area is 241 Å². The number of carbonyl (C=O) groups excluding carboxylic acids is 1. The molecule has 0 spiro atoms. The van der Waals surface area contributed by atoms with Gasteiger partial charge in [0.1, 0.15) is 6.61 Å². The van der Waals surface area contributed by atoms with E-state index in [9.17, 15) is 4.79 Å². The predicted octanol–water partition coefficient (Wildman–Crippen LogP) is 7.71. The van der Waals surface area contributed by atoms with Crippen LogP contribution in [0.5, 0.6) is 11.5 Å². The highest BCUT2D eigenvalue weighted by atomic mass is 79.9. The zero-order valence-corrected chi connectivity index (χ0v) is 23.8. The smallest absolute Gasteiger partial charge is 0.267 e. The van der Waals surface area contributed by atoms with Crippen LogP contribution in [-0.2, 0) is 24.5 Å². The molecule has 0 radical (unpaired) electrons. The predicted molar refractivity (Wildman–Crippen MR) is 162 cm³/mol. The second kappa shape index (κ2) is 12.8. The Morgan fingerprint density at radius 3 is 2.13 bits per heavy atom. The van der Waals surface area contributed by atoms with Gasteiger partial charge in [-0.15, -0.1) is 0 Å². The second-order valence-corrected chi connectivity index (χ2v) is 10.7. The SMILES string of the molecule is COc1cc(/C=C2\SC(=NCc3ccccc3)N(Cc3ccccc3)C2=O)cc(Br)c1OCc1ccccc1. The standard InChI is InChI=1S/C32H27BrN2O3S/c1-37-28-18-26(17-27(33)30(28)38-22-25-15-9-4-10-16-25)19-29-31(36)35(21-24-13-7-3-8-14-24)32(39-29)34-20-23-11-5-2-6-12-23/h2-19H,20-22H2,1H3/b29-19-,34-32?. The van der Waals surface area contributed by atoms with E-state index >= 15 is 0 Å². The van der Waals surface area contributed by atoms with Gasteiger partial charge in [-0.25, -0.2) is 0 Å². The first-order valence-corrected chi connectivity index (χ1v) is 14.1. The molecule has 4 aromatic rings. The van der Waals surface area contributed by atoms with Gasteiger partial charge in [0.25, 0.3) is 5.91 Å². The summed E-state index contributed by atoms with van der Waals surface area (Å²) < 4.78 is 12.5. The van der Waals surface area contributed by atoms with E-state index in [4.69, 9.17) is 14.5 Å². The maximum Gasteiger partial charge on any atom is 0.267 e. The number of nitrogens with zero attached hydrogens (tertiary/aromatic N) is 2. The van der Waals surface area contributed by atoms with Crippen molar-refractivity contribution in [3.8, 4) is 11.5 Å². The van der Waals surface area contributed by atoms with Crippen molar-refractivity contribution in [3.63, 3.8) is 0 Å². The normalized spacial score (nSPS) is 15.2. The van der Waals surface area contributed by atoms with Crippen molar-refractivity contribution in [3.05, 3.63) is 135 Å². The van der Waals surface area contributed by atoms with E-state index in [-0.39, 0.29) is 5.91 Å². The number of ether oxygens (including phenoxy) is 2. The van der Waals surface area contributed by atoms with Gasteiger partial charge in [-0.2, -0.15) is 0 Å². The number of thioether (sulfide) groups is 1. The molecule has 0 unspecified atom stereocenters. The molecule has 0 aromatic heterocycles. The van der Waals surface area contributed by atoms with E-state index in [1.165, 1.54) is 11.8 Å². The minimum atomic E-state index is -0.0739. The quantitative estimate of drug-likeness (QED) is 0.185. The molecule has 0 N–H and O–H groups in total. The molecule has 0 atom stereocenters. The third kappa shape index (κ3) is 6.80. The van der Waals surface area contributed by atoms with Crippen LogP contribution in [0.25, 0.3) is 6.08 Å². The molecule has 1 fully saturated rings. The average Bonchev–Trinajstić information content (AvgIpc) is 3.26. The van der Waals surface area contributed by atoms with Gasteiger partial charge in [-0.05, 0) is 68.2 Å². The summed E-state index contributed by atoms with van der Waals surface area (Å²) in [7, 11) is 1.61. The van der Waals surface area contributed by atoms with E-state index in [1.54, 1.807) is 12.0 Å². The number of aliphatic imine (C=N–C) groups is 1. The van der Waals surface area contributed by atoms with Crippen molar-refractivity contribution in [2.45, 2.75) is 19.7 Å². The van der Waals surface area contributed by atoms with Crippen LogP contribution in [0, 0.1) is 0 Å². The molecule has 5 nitrogen and oxygen atoms in total. The number of methoxy groups -OCH3 is 1. The Bertz CT molecular complexity index is 1490. The van der Waals surface area contributed by atoms with Gasteiger partial charge in [0.15, 0.2) is 16.7 Å². The fourth-order valence-corrected chi connectivity index (χ4v) is 5.67. The van der Waals surface area contributed by atoms with Gasteiger partial charge in [0, 0.05) is 0 Å². The van der Waals surface area contributed by atoms with Crippen LogP contribution in [0.2, 0.25) is 0 Å². The molecule has 1 aliphatic rings. The van der Waals surface area contributed by atoms with Crippen LogP contribution in [0.3, 0.4) is 0 Å². The number of carbonyl (C=O) groups is 1. The van der Waals surface area contributed by atoms with Gasteiger partial charge < -0.3 is 9.47 Å². The van der Waals surface area contributed by atoms with Crippen molar-refractivity contribution in [1.82, 2.24) is 4.90 Å². The van der Waals surface area contributed by atoms with Crippen molar-refractivity contribution in [2.24, 2.45) is 4.99 Å². The molecule has 5 rings (SSSR count). The second-order valence-electron chi connectivity index (χ2n) is 8.88. The first-order chi connectivity index (χ1) is 19.1. The molecule has 0 aliphatic carbocycles. The number of hydrogen-bond acceptors (Lipinski definition) is 5. The molecule has 1 saturated heterocycles. The fourth-order valence-electron chi connectivity index (χ4n) is 4.12. The molecular weight excluding hydrogens is 572 g/mol. The summed E-state index contributed by atoms with van der Waals surface area (Å²) in [5.41, 5.74) is 4.02. The molecule has 1 aliphatic heterocycles. The van der Waals surface area contributed by atoms with Crippen LogP contribution in [-0.4, -0.2) is 23.1 Å². The lowest BCUT2D eigenvalue weighted by Crippen LogP contribution is -2.28. The first kappa shape index (κ1) is 26.8. The minimum absolute atomic E-state index is 0.0739. The summed E-state index contributed by atoms with van der Waals surface area (Å²) in [6.45, 7) is 1.37. The third-order valence-corrected chi connectivity index (χ3v) is 7.72. The molecule has 1 amide bonds. The van der Waals surface area contributed by atoms with Crippen LogP contribution in [0.1, 0.15) is 22.3 Å². The topological polar surface area (TPSA) is 51.1 Å². The molecule has 7 heteroatoms. The van der Waals surface area contributed by atoms with Crippen LogP contribution in [0.4, 0.5) is 0 Å². The summed E-state index contributed by atoms with van der Waals surface area (Å²) in [5.74, 6) is 1.13. The van der Waals surface area contributed by atoms with Gasteiger partial charge >= 0.3 is 0 Å². The van der Waals surface area contributed by atoms with Crippen LogP contribution in [0.15, 0.2) is 117 Å². The number of hydrogen-bond donors (Lipinski definition) is 0. The highest BCUT2D eigenvalue weighted by molar-refractivity contribution is 9.10. The Morgan fingerprint density at radius 1 is 0.872 bits per heavy atom. The van der Waals surface area contributed by atoms with E-state index < -0.39 is 0 Å². The van der Waals surface area contributed by atoms with Crippen molar-refractivity contribution in [1.29, 1.82) is 0 Å². The van der Waals surface area contributed by atoms with Gasteiger partial charge in [0.2, 0.25) is 0 Å². The summed E-state index contributed by atoms with van der Waals surface area (Å²) in [6.07, 6.45) is 1.88. The molecule has 1 heterocycles. The molecule has 0 saturated carbocycles. The zero-order chi connectivity index (χ0) is 27.0. The van der Waals surface area contributed by atoms with E-state index in [2.05, 4.69) is 15.9 Å². The van der Waals surface area contributed by atoms with Crippen LogP contribution < -0.4 is 9.47 Å². The molecule has 0 bridgehead atoms. The molecule has 39 heavy (non-hydrogen) atoms. The van der Waals surface area contributed by atoms with E-state index in [0.717, 1.165) is 26.7 Å². The monoisotopic (exact) mass is 598 g/mol. The zero-order valence-electron chi connectivity index (χ0n) is 21.4. The number of benzene rings is 4. The van der Waals surface area contributed by atoms with Gasteiger partial charge in [-0.3, -0.25) is 14.7 Å². The van der Waals surface area contributed by atoms with Gasteiger partial charge in [-0.1, -0.05) is 91.0 Å². The third-order valence-electron chi connectivity index (χ3n) is 6.09. The number of rotatable bonds is 9. The van der Waals surface area contributed by atoms with Crippen molar-refractivity contribution >= 4 is 44.8 Å². The highest BCUT2D eigenvalue weighted by Crippen LogP contribution is 2.40. The first-order valence-electron chi connectivity index (χ1n) is 12.5. The lowest BCUT2D eigenvalue weighted by atomic mass is 10.1. The minimum Gasteiger partial charge on any atom is -0.493 e. The van der Waals surface area contributed by atoms with Gasteiger partial charge in [0.05, 0.1) is 29.6 Å². The molecular formula is C32H27BrN2O3S. The average molecular weight is 600 g/mol. The van der Waals surface area contributed by atoms with E-state index in [1.807, 2.05) is 109 Å². The molecule has 4 aromatic carbocycles. The maximum absolute atomic E-state index is 13.6. The summed E-state index contributed by atoms with van der Waals surface area (Å²) in [4.78, 5) is 20.8. The Kier molecular flexibility index (Phi) is 8.81. The van der Waals surface area contributed by atoms with E-state index in [0.29, 0.717) is 41.3 Å². The number of amidine groups is 1. The fraction of sp³-hybridized carbons (Fsp3) is 0.125. The Balaban J connectivity index is 1.41. The lowest BCUT2D eigenvalue weighted by molar-refractivity contribution is -0.122. The summed E-state index contributed by atoms with van der Waals surface area (Å²) in [6, 6.07) is 33.8. The Hall–Kier alpha value is -3.81. The molecule has 196 valence electrons. The number of halogens is 1. The Morgan fingerprint density at radius 2 is 1.49 bits per heavy atom. The van der Waals surface area contributed by atoms with Crippen molar-refractivity contribution < 1.29 is 14.3 Å².